The number of nitrogens with zero attached hydrogens (tertiary/aromatic N) is 3. The largest absolute Gasteiger partial charge is 0.483 e. The lowest BCUT2D eigenvalue weighted by atomic mass is 10.0. The van der Waals surface area contributed by atoms with E-state index in [1.165, 1.54) is 11.8 Å². The van der Waals surface area contributed by atoms with Crippen molar-refractivity contribution in [2.75, 3.05) is 17.7 Å². The molecule has 0 atom stereocenters. The summed E-state index contributed by atoms with van der Waals surface area (Å²) in [6.07, 6.45) is 0. The summed E-state index contributed by atoms with van der Waals surface area (Å²) in [4.78, 5) is 24.8. The first-order chi connectivity index (χ1) is 16.8. The number of aromatic nitrogens is 3. The molecule has 9 heteroatoms. The first kappa shape index (κ1) is 26.3. The number of rotatable bonds is 11. The molecule has 0 bridgehead atoms. The van der Waals surface area contributed by atoms with Crippen LogP contribution in [0.5, 0.6) is 5.75 Å². The summed E-state index contributed by atoms with van der Waals surface area (Å²) in [5, 5.41) is 14.8. The van der Waals surface area contributed by atoms with Gasteiger partial charge in [0.05, 0.1) is 12.3 Å². The Hall–Kier alpha value is -3.33. The molecule has 186 valence electrons. The Kier molecular flexibility index (Phi) is 9.31. The highest BCUT2D eigenvalue weighted by atomic mass is 32.2. The molecule has 0 spiro atoms. The maximum Gasteiger partial charge on any atom is 0.258 e. The van der Waals surface area contributed by atoms with Crippen molar-refractivity contribution in [3.05, 3.63) is 65.0 Å². The van der Waals surface area contributed by atoms with Gasteiger partial charge in [-0.3, -0.25) is 9.59 Å². The molecule has 1 heterocycles. The number of carbonyl (C=O) groups excluding carboxylic acids is 2. The van der Waals surface area contributed by atoms with Crippen LogP contribution in [-0.4, -0.2) is 38.9 Å². The maximum atomic E-state index is 12.4. The van der Waals surface area contributed by atoms with E-state index in [-0.39, 0.29) is 30.7 Å². The average Bonchev–Trinajstić information content (AvgIpc) is 3.23. The lowest BCUT2D eigenvalue weighted by Gasteiger charge is -2.15. The monoisotopic (exact) mass is 495 g/mol. The molecule has 2 aromatic carbocycles. The number of hydrogen-bond acceptors (Lipinski definition) is 6. The van der Waals surface area contributed by atoms with E-state index in [0.29, 0.717) is 23.4 Å². The van der Waals surface area contributed by atoms with Crippen molar-refractivity contribution in [2.24, 2.45) is 0 Å². The number of aryl methyl sites for hydroxylation is 2. The highest BCUT2D eigenvalue weighted by Crippen LogP contribution is 2.27. The molecule has 0 saturated carbocycles. The summed E-state index contributed by atoms with van der Waals surface area (Å²) in [6, 6.07) is 13.7. The van der Waals surface area contributed by atoms with Crippen LogP contribution in [-0.2, 0) is 22.7 Å². The second-order valence-corrected chi connectivity index (χ2v) is 9.50. The van der Waals surface area contributed by atoms with Crippen LogP contribution in [0.15, 0.2) is 47.6 Å². The van der Waals surface area contributed by atoms with Gasteiger partial charge >= 0.3 is 0 Å². The second-order valence-electron chi connectivity index (χ2n) is 8.56. The topological polar surface area (TPSA) is 98.1 Å². The molecule has 1 aromatic heterocycles. The SMILES string of the molecule is CCn1c(CNC(=O)COc2cc(C)ccc2C(C)C)nnc1SCC(=O)Nc1ccccc1C. The molecule has 0 aliphatic carbocycles. The van der Waals surface area contributed by atoms with Crippen molar-refractivity contribution in [1.82, 2.24) is 20.1 Å². The van der Waals surface area contributed by atoms with E-state index in [0.717, 1.165) is 28.1 Å². The summed E-state index contributed by atoms with van der Waals surface area (Å²) in [6.45, 7) is 10.9. The number of thioether (sulfide) groups is 1. The van der Waals surface area contributed by atoms with E-state index in [1.54, 1.807) is 0 Å². The molecule has 0 aliphatic rings. The lowest BCUT2D eigenvalue weighted by Crippen LogP contribution is -2.29. The molecule has 2 N–H and O–H groups in total. The summed E-state index contributed by atoms with van der Waals surface area (Å²) < 4.78 is 7.70. The first-order valence-corrected chi connectivity index (χ1v) is 12.7. The number of ether oxygens (including phenoxy) is 1. The Morgan fingerprint density at radius 3 is 2.57 bits per heavy atom. The average molecular weight is 496 g/mol. The van der Waals surface area contributed by atoms with Crippen LogP contribution >= 0.6 is 11.8 Å². The van der Waals surface area contributed by atoms with Gasteiger partial charge in [-0.05, 0) is 55.5 Å². The van der Waals surface area contributed by atoms with E-state index in [9.17, 15) is 9.59 Å². The zero-order valence-corrected chi connectivity index (χ0v) is 21.7. The van der Waals surface area contributed by atoms with Gasteiger partial charge < -0.3 is 19.9 Å². The predicted octanol–water partition coefficient (Wildman–Crippen LogP) is 4.46. The molecular weight excluding hydrogens is 462 g/mol. The smallest absolute Gasteiger partial charge is 0.258 e. The minimum atomic E-state index is -0.237. The fraction of sp³-hybridized carbons (Fsp3) is 0.385. The van der Waals surface area contributed by atoms with Gasteiger partial charge in [0.2, 0.25) is 5.91 Å². The second kappa shape index (κ2) is 12.4. The third-order valence-electron chi connectivity index (χ3n) is 5.45. The van der Waals surface area contributed by atoms with Crippen LogP contribution in [0.1, 0.15) is 49.2 Å². The Bertz CT molecular complexity index is 1180. The maximum absolute atomic E-state index is 12.4. The first-order valence-electron chi connectivity index (χ1n) is 11.7. The highest BCUT2D eigenvalue weighted by Gasteiger charge is 2.15. The Balaban J connectivity index is 1.52. The number of carbonyl (C=O) groups is 2. The van der Waals surface area contributed by atoms with Crippen molar-refractivity contribution >= 4 is 29.3 Å². The molecule has 3 rings (SSSR count). The molecule has 3 aromatic rings. The van der Waals surface area contributed by atoms with Crippen LogP contribution in [0, 0.1) is 13.8 Å². The van der Waals surface area contributed by atoms with Crippen LogP contribution in [0.4, 0.5) is 5.69 Å². The number of benzene rings is 2. The third kappa shape index (κ3) is 7.32. The Labute approximate surface area is 210 Å². The van der Waals surface area contributed by atoms with Crippen molar-refractivity contribution in [1.29, 1.82) is 0 Å². The Morgan fingerprint density at radius 1 is 1.09 bits per heavy atom. The van der Waals surface area contributed by atoms with Gasteiger partial charge in [0.25, 0.3) is 5.91 Å². The fourth-order valence-electron chi connectivity index (χ4n) is 3.52. The quantitative estimate of drug-likeness (QED) is 0.381. The zero-order valence-electron chi connectivity index (χ0n) is 20.9. The number of anilines is 1. The van der Waals surface area contributed by atoms with E-state index in [1.807, 2.05) is 67.8 Å². The lowest BCUT2D eigenvalue weighted by molar-refractivity contribution is -0.123. The number of para-hydroxylation sites is 1. The summed E-state index contributed by atoms with van der Waals surface area (Å²) in [5.41, 5.74) is 3.96. The van der Waals surface area contributed by atoms with E-state index >= 15 is 0 Å². The van der Waals surface area contributed by atoms with Gasteiger partial charge in [-0.1, -0.05) is 55.9 Å². The van der Waals surface area contributed by atoms with E-state index < -0.39 is 0 Å². The van der Waals surface area contributed by atoms with Crippen molar-refractivity contribution in [3.8, 4) is 5.75 Å². The summed E-state index contributed by atoms with van der Waals surface area (Å²) >= 11 is 1.31. The van der Waals surface area contributed by atoms with Gasteiger partial charge in [-0.2, -0.15) is 0 Å². The predicted molar refractivity (Wildman–Crippen MR) is 139 cm³/mol. The molecule has 2 amide bonds. The normalized spacial score (nSPS) is 10.9. The number of amides is 2. The minimum absolute atomic E-state index is 0.0792. The molecule has 0 unspecified atom stereocenters. The minimum Gasteiger partial charge on any atom is -0.483 e. The van der Waals surface area contributed by atoms with Crippen LogP contribution in [0.2, 0.25) is 0 Å². The zero-order chi connectivity index (χ0) is 25.4. The molecule has 0 saturated heterocycles. The highest BCUT2D eigenvalue weighted by molar-refractivity contribution is 7.99. The summed E-state index contributed by atoms with van der Waals surface area (Å²) in [5.74, 6) is 1.51. The molecular formula is C26H33N5O3S. The molecule has 0 aliphatic heterocycles. The number of nitrogens with one attached hydrogen (secondary N) is 2. The summed E-state index contributed by atoms with van der Waals surface area (Å²) in [7, 11) is 0. The fourth-order valence-corrected chi connectivity index (χ4v) is 4.34. The molecule has 8 nitrogen and oxygen atoms in total. The van der Waals surface area contributed by atoms with Crippen LogP contribution in [0.3, 0.4) is 0 Å². The van der Waals surface area contributed by atoms with Gasteiger partial charge in [0.1, 0.15) is 5.75 Å². The van der Waals surface area contributed by atoms with Crippen molar-refractivity contribution in [3.63, 3.8) is 0 Å². The Morgan fingerprint density at radius 2 is 1.86 bits per heavy atom. The van der Waals surface area contributed by atoms with Gasteiger partial charge in [0.15, 0.2) is 17.6 Å². The van der Waals surface area contributed by atoms with Crippen molar-refractivity contribution in [2.45, 2.75) is 58.8 Å². The van der Waals surface area contributed by atoms with Crippen LogP contribution < -0.4 is 15.4 Å². The molecule has 0 radical (unpaired) electrons. The van der Waals surface area contributed by atoms with Gasteiger partial charge in [0, 0.05) is 12.2 Å². The number of hydrogen-bond donors (Lipinski definition) is 2. The molecule has 35 heavy (non-hydrogen) atoms. The van der Waals surface area contributed by atoms with Gasteiger partial charge in [-0.15, -0.1) is 10.2 Å². The van der Waals surface area contributed by atoms with Gasteiger partial charge in [-0.25, -0.2) is 0 Å². The molecule has 0 fully saturated rings. The van der Waals surface area contributed by atoms with E-state index in [2.05, 4.69) is 34.7 Å². The third-order valence-corrected chi connectivity index (χ3v) is 6.42. The van der Waals surface area contributed by atoms with Crippen molar-refractivity contribution < 1.29 is 14.3 Å². The van der Waals surface area contributed by atoms with E-state index in [4.69, 9.17) is 4.74 Å². The standard InChI is InChI=1S/C26H33N5O3S/c1-6-31-23(14-27-24(32)15-34-22-13-18(4)11-12-20(22)17(2)3)29-30-26(31)35-16-25(33)28-21-10-8-7-9-19(21)5/h7-13,17H,6,14-16H2,1-5H3,(H,27,32)(H,28,33). The van der Waals surface area contributed by atoms with Crippen LogP contribution in [0.25, 0.3) is 0 Å².